The number of nitrogens with one attached hydrogen (secondary N) is 1. The number of carboxylic acids is 1. The highest BCUT2D eigenvalue weighted by Crippen LogP contribution is 2.46. The zero-order valence-corrected chi connectivity index (χ0v) is 12.9. The summed E-state index contributed by atoms with van der Waals surface area (Å²) < 4.78 is 24.7. The molecule has 2 amide bonds. The van der Waals surface area contributed by atoms with Crippen molar-refractivity contribution in [1.29, 1.82) is 0 Å². The molecule has 3 atom stereocenters. The molecule has 3 aliphatic rings. The summed E-state index contributed by atoms with van der Waals surface area (Å²) in [4.78, 5) is 37.1. The molecule has 3 rings (SSSR count). The van der Waals surface area contributed by atoms with Gasteiger partial charge in [0, 0.05) is 19.0 Å². The summed E-state index contributed by atoms with van der Waals surface area (Å²) >= 11 is 0. The van der Waals surface area contributed by atoms with E-state index in [0.29, 0.717) is 0 Å². The lowest BCUT2D eigenvalue weighted by atomic mass is 9.79. The highest BCUT2D eigenvalue weighted by molar-refractivity contribution is 7.88. The average molecular weight is 345 g/mol. The van der Waals surface area contributed by atoms with E-state index < -0.39 is 40.1 Å². The van der Waals surface area contributed by atoms with Crippen molar-refractivity contribution in [2.45, 2.75) is 18.5 Å². The number of hydrogen-bond donors (Lipinski definition) is 3. The molecule has 2 fully saturated rings. The van der Waals surface area contributed by atoms with Crippen LogP contribution in [0.4, 0.5) is 4.79 Å². The summed E-state index contributed by atoms with van der Waals surface area (Å²) in [5, 5.41) is 18.5. The predicted molar refractivity (Wildman–Crippen MR) is 74.8 cm³/mol. The van der Waals surface area contributed by atoms with Crippen molar-refractivity contribution in [3.63, 3.8) is 0 Å². The van der Waals surface area contributed by atoms with Gasteiger partial charge in [-0.2, -0.15) is 0 Å². The van der Waals surface area contributed by atoms with Gasteiger partial charge >= 0.3 is 12.1 Å². The average Bonchev–Trinajstić information content (AvgIpc) is 2.79. The molecule has 0 aliphatic carbocycles. The Morgan fingerprint density at radius 3 is 2.52 bits per heavy atom. The number of rotatable bonds is 4. The van der Waals surface area contributed by atoms with Gasteiger partial charge in [-0.05, 0) is 12.0 Å². The van der Waals surface area contributed by atoms with Crippen molar-refractivity contribution in [2.75, 3.05) is 19.3 Å². The van der Waals surface area contributed by atoms with Crippen LogP contribution >= 0.6 is 0 Å². The normalized spacial score (nSPS) is 29.4. The molecule has 23 heavy (non-hydrogen) atoms. The second kappa shape index (κ2) is 4.93. The predicted octanol–water partition coefficient (Wildman–Crippen LogP) is -1.53. The van der Waals surface area contributed by atoms with E-state index in [0.717, 1.165) is 16.1 Å². The molecule has 0 aromatic rings. The zero-order chi connectivity index (χ0) is 17.1. The molecule has 0 spiro atoms. The van der Waals surface area contributed by atoms with Gasteiger partial charge in [0.1, 0.15) is 11.7 Å². The van der Waals surface area contributed by atoms with Crippen LogP contribution in [-0.2, 0) is 19.6 Å². The minimum Gasteiger partial charge on any atom is -0.477 e. The van der Waals surface area contributed by atoms with E-state index in [-0.39, 0.29) is 36.7 Å². The third-order valence-corrected chi connectivity index (χ3v) is 5.11. The van der Waals surface area contributed by atoms with Gasteiger partial charge in [0.25, 0.3) is 5.91 Å². The van der Waals surface area contributed by atoms with E-state index in [4.69, 9.17) is 5.11 Å². The quantitative estimate of drug-likeness (QED) is 0.524. The van der Waals surface area contributed by atoms with Gasteiger partial charge < -0.3 is 10.2 Å². The second-order valence-electron chi connectivity index (χ2n) is 5.89. The number of carbonyl (C=O) groups is 3. The first kappa shape index (κ1) is 15.7. The summed E-state index contributed by atoms with van der Waals surface area (Å²) in [6, 6.07) is -1.32. The fraction of sp³-hybridized carbons (Fsp3) is 0.583. The monoisotopic (exact) mass is 345 g/mol. The first-order valence-electron chi connectivity index (χ1n) is 6.84. The maximum atomic E-state index is 12.2. The number of likely N-dealkylation sites (tertiary alicyclic amines) is 1. The van der Waals surface area contributed by atoms with E-state index in [1.54, 1.807) is 0 Å². The van der Waals surface area contributed by atoms with Gasteiger partial charge in [-0.3, -0.25) is 14.6 Å². The van der Waals surface area contributed by atoms with Gasteiger partial charge in [0.05, 0.1) is 12.3 Å². The molecule has 0 unspecified atom stereocenters. The Morgan fingerprint density at radius 2 is 2.00 bits per heavy atom. The van der Waals surface area contributed by atoms with Gasteiger partial charge in [0.15, 0.2) is 0 Å². The van der Waals surface area contributed by atoms with Crippen LogP contribution in [0.5, 0.6) is 0 Å². The number of carboxylic acid groups (broad SMARTS) is 2. The molecule has 11 heteroatoms. The second-order valence-corrected chi connectivity index (χ2v) is 7.73. The number of hydrogen-bond acceptors (Lipinski definition) is 5. The number of aliphatic carboxylic acids is 1. The fourth-order valence-corrected chi connectivity index (χ4v) is 4.05. The first-order valence-corrected chi connectivity index (χ1v) is 8.73. The molecule has 3 N–H and O–H groups in total. The molecule has 0 bridgehead atoms. The Balaban J connectivity index is 1.94. The third-order valence-electron chi connectivity index (χ3n) is 4.44. The Hall–Kier alpha value is -2.14. The van der Waals surface area contributed by atoms with Crippen molar-refractivity contribution in [2.24, 2.45) is 5.92 Å². The highest BCUT2D eigenvalue weighted by atomic mass is 32.2. The van der Waals surface area contributed by atoms with Gasteiger partial charge in [-0.15, -0.1) is 0 Å². The van der Waals surface area contributed by atoms with E-state index >= 15 is 0 Å². The summed E-state index contributed by atoms with van der Waals surface area (Å²) in [6.07, 6.45) is -0.0319. The van der Waals surface area contributed by atoms with Crippen LogP contribution in [0.3, 0.4) is 0 Å². The molecule has 2 saturated heterocycles. The standard InChI is InChI=1S/C12H15N3O7S/c1-23(21,22)13-3-5-2-6-4-14(12(19)20)9-7(6)15(10(9)16)8(5)11(17)18/h6-7,9,13H,2-4H2,1H3,(H,17,18)(H,19,20)/t6-,7-,9+/m1/s1. The van der Waals surface area contributed by atoms with Crippen LogP contribution in [0.25, 0.3) is 0 Å². The van der Waals surface area contributed by atoms with Crippen molar-refractivity contribution < 1.29 is 33.0 Å². The molecule has 3 aliphatic heterocycles. The maximum Gasteiger partial charge on any atom is 0.408 e. The fourth-order valence-electron chi connectivity index (χ4n) is 3.61. The lowest BCUT2D eigenvalue weighted by Crippen LogP contribution is -2.69. The van der Waals surface area contributed by atoms with Gasteiger partial charge in [0.2, 0.25) is 10.0 Å². The van der Waals surface area contributed by atoms with Crippen molar-refractivity contribution in [1.82, 2.24) is 14.5 Å². The SMILES string of the molecule is CS(=O)(=O)NCC1=C(C(=O)O)N2C(=O)[C@@H]3[C@H]2[C@H](C1)CN3C(=O)O. The van der Waals surface area contributed by atoms with E-state index in [1.165, 1.54) is 0 Å². The van der Waals surface area contributed by atoms with E-state index in [9.17, 15) is 27.9 Å². The molecule has 10 nitrogen and oxygen atoms in total. The van der Waals surface area contributed by atoms with E-state index in [1.807, 2.05) is 0 Å². The number of amides is 2. The molecule has 0 aromatic carbocycles. The topological polar surface area (TPSA) is 144 Å². The van der Waals surface area contributed by atoms with Crippen molar-refractivity contribution >= 4 is 28.0 Å². The summed E-state index contributed by atoms with van der Waals surface area (Å²) in [5.41, 5.74) is 0.0408. The number of nitrogens with zero attached hydrogens (tertiary/aromatic N) is 2. The Morgan fingerprint density at radius 1 is 1.35 bits per heavy atom. The maximum absolute atomic E-state index is 12.2. The molecule has 3 heterocycles. The van der Waals surface area contributed by atoms with Crippen LogP contribution in [0.15, 0.2) is 11.3 Å². The van der Waals surface area contributed by atoms with Crippen LogP contribution in [0.1, 0.15) is 6.42 Å². The lowest BCUT2D eigenvalue weighted by Gasteiger charge is -2.49. The Kier molecular flexibility index (Phi) is 3.37. The molecule has 0 aromatic heterocycles. The minimum absolute atomic E-state index is 0.127. The zero-order valence-electron chi connectivity index (χ0n) is 12.1. The molecular weight excluding hydrogens is 330 g/mol. The molecule has 0 radical (unpaired) electrons. The molecule has 0 saturated carbocycles. The summed E-state index contributed by atoms with van der Waals surface area (Å²) in [5.74, 6) is -2.13. The van der Waals surface area contributed by atoms with Crippen LogP contribution in [0, 0.1) is 5.92 Å². The van der Waals surface area contributed by atoms with Crippen molar-refractivity contribution in [3.05, 3.63) is 11.3 Å². The van der Waals surface area contributed by atoms with Gasteiger partial charge in [-0.1, -0.05) is 0 Å². The Labute approximate surface area is 131 Å². The van der Waals surface area contributed by atoms with E-state index in [2.05, 4.69) is 4.72 Å². The minimum atomic E-state index is -3.52. The molecule has 126 valence electrons. The number of carbonyl (C=O) groups excluding carboxylic acids is 1. The van der Waals surface area contributed by atoms with Crippen LogP contribution in [0.2, 0.25) is 0 Å². The lowest BCUT2D eigenvalue weighted by molar-refractivity contribution is -0.156. The first-order chi connectivity index (χ1) is 10.6. The Bertz CT molecular complexity index is 744. The van der Waals surface area contributed by atoms with Crippen molar-refractivity contribution in [3.8, 4) is 0 Å². The van der Waals surface area contributed by atoms with Gasteiger partial charge in [-0.25, -0.2) is 22.7 Å². The largest absolute Gasteiger partial charge is 0.477 e. The highest BCUT2D eigenvalue weighted by Gasteiger charge is 2.64. The molecular formula is C12H15N3O7S. The summed E-state index contributed by atoms with van der Waals surface area (Å²) in [7, 11) is -3.52. The van der Waals surface area contributed by atoms with Crippen LogP contribution in [-0.4, -0.2) is 77.8 Å². The van der Waals surface area contributed by atoms with Crippen LogP contribution < -0.4 is 4.72 Å². The number of sulfonamides is 1. The summed E-state index contributed by atoms with van der Waals surface area (Å²) in [6.45, 7) is -0.0899. The number of β-lactam (4-membered cyclic amide) rings is 1. The smallest absolute Gasteiger partial charge is 0.408 e. The third kappa shape index (κ3) is 2.36.